The zero-order valence-electron chi connectivity index (χ0n) is 35.6. The van der Waals surface area contributed by atoms with E-state index in [4.69, 9.17) is 10.2 Å². The van der Waals surface area contributed by atoms with E-state index in [2.05, 4.69) is 132 Å². The summed E-state index contributed by atoms with van der Waals surface area (Å²) < 4.78 is 3.93. The predicted octanol–water partition coefficient (Wildman–Crippen LogP) is 11.3. The maximum atomic E-state index is 12.5. The van der Waals surface area contributed by atoms with Gasteiger partial charge >= 0.3 is 0 Å². The van der Waals surface area contributed by atoms with Gasteiger partial charge in [-0.2, -0.15) is 10.2 Å². The van der Waals surface area contributed by atoms with Gasteiger partial charge in [-0.15, -0.1) is 0 Å². The van der Waals surface area contributed by atoms with E-state index in [9.17, 15) is 10.2 Å². The summed E-state index contributed by atoms with van der Waals surface area (Å²) in [6.07, 6.45) is 9.67. The Hall–Kier alpha value is -5.10. The van der Waals surface area contributed by atoms with Gasteiger partial charge in [0.1, 0.15) is 11.5 Å². The fourth-order valence-corrected chi connectivity index (χ4v) is 8.06. The normalized spacial score (nSPS) is 13.9. The third-order valence-corrected chi connectivity index (χ3v) is 11.5. The summed E-state index contributed by atoms with van der Waals surface area (Å²) in [7, 11) is 0. The van der Waals surface area contributed by atoms with Crippen LogP contribution in [0, 0.1) is 0 Å². The average Bonchev–Trinajstić information content (AvgIpc) is 3.81. The number of hydrogen-bond donors (Lipinski definition) is 2. The fourth-order valence-electron chi connectivity index (χ4n) is 8.06. The van der Waals surface area contributed by atoms with Crippen LogP contribution < -0.4 is 0 Å². The fraction of sp³-hybridized carbons (Fsp3) is 0.400. The molecule has 1 aliphatic carbocycles. The van der Waals surface area contributed by atoms with Crippen LogP contribution in [0.5, 0.6) is 11.5 Å². The third-order valence-electron chi connectivity index (χ3n) is 11.5. The van der Waals surface area contributed by atoms with E-state index in [-0.39, 0.29) is 21.7 Å². The lowest BCUT2D eigenvalue weighted by Gasteiger charge is -2.28. The first-order valence-electron chi connectivity index (χ1n) is 20.1. The molecule has 4 aromatic carbocycles. The van der Waals surface area contributed by atoms with Gasteiger partial charge in [0.25, 0.3) is 0 Å². The Kier molecular flexibility index (Phi) is 9.66. The molecular formula is C50H60N4O2. The van der Waals surface area contributed by atoms with E-state index in [0.717, 1.165) is 55.9 Å². The number of phenolic OH excluding ortho intramolecular Hbond substituents is 2. The molecule has 0 amide bonds. The van der Waals surface area contributed by atoms with Crippen molar-refractivity contribution in [3.63, 3.8) is 0 Å². The molecule has 2 N–H and O–H groups in total. The van der Waals surface area contributed by atoms with Crippen molar-refractivity contribution in [2.75, 3.05) is 0 Å². The smallest absolute Gasteiger partial charge is 0.122 e. The van der Waals surface area contributed by atoms with Crippen LogP contribution in [-0.2, 0) is 47.3 Å². The zero-order chi connectivity index (χ0) is 40.5. The highest BCUT2D eigenvalue weighted by Gasteiger charge is 2.28. The summed E-state index contributed by atoms with van der Waals surface area (Å²) in [4.78, 5) is 0. The number of fused-ring (bicyclic) bond motifs is 8. The molecule has 6 heteroatoms. The molecule has 8 bridgehead atoms. The van der Waals surface area contributed by atoms with Gasteiger partial charge in [0.2, 0.25) is 0 Å². The molecule has 0 saturated carbocycles. The Balaban J connectivity index is 1.63. The van der Waals surface area contributed by atoms with E-state index in [0.29, 0.717) is 37.2 Å². The highest BCUT2D eigenvalue weighted by molar-refractivity contribution is 5.62. The lowest BCUT2D eigenvalue weighted by Crippen LogP contribution is -2.18. The number of hydrogen-bond acceptors (Lipinski definition) is 4. The summed E-state index contributed by atoms with van der Waals surface area (Å²) in [5.41, 5.74) is 14.0. The second-order valence-electron chi connectivity index (χ2n) is 20.2. The van der Waals surface area contributed by atoms with Crippen molar-refractivity contribution in [1.29, 1.82) is 0 Å². The molecule has 6 aromatic rings. The van der Waals surface area contributed by atoms with Gasteiger partial charge in [0, 0.05) is 50.5 Å². The Morgan fingerprint density at radius 3 is 0.821 bits per heavy atom. The molecule has 1 aliphatic rings. The molecule has 0 saturated heterocycles. The standard InChI is InChI=1S/C50H60N4O2/c1-47(2,3)39-23-31-19-35-27-41(49(7,8)9)29-37(45(35)55)21-33-25-40(48(4,5)6)26-34(44(33)54-18-14-16-52-54)22-38-30-42(50(10,11)12)28-36(46(38)56)20-32(24-39)43(31)53-17-13-15-51-53/h13-18,23-30,55-56H,19-22H2,1-12H3. The second-order valence-corrected chi connectivity index (χ2v) is 20.2. The second kappa shape index (κ2) is 13.8. The van der Waals surface area contributed by atoms with Crippen LogP contribution in [0.3, 0.4) is 0 Å². The first-order valence-corrected chi connectivity index (χ1v) is 20.1. The summed E-state index contributed by atoms with van der Waals surface area (Å²) in [6.45, 7) is 26.9. The monoisotopic (exact) mass is 748 g/mol. The quantitative estimate of drug-likeness (QED) is 0.185. The van der Waals surface area contributed by atoms with Crippen LogP contribution in [0.25, 0.3) is 11.4 Å². The van der Waals surface area contributed by atoms with Gasteiger partial charge in [-0.3, -0.25) is 0 Å². The van der Waals surface area contributed by atoms with Crippen molar-refractivity contribution >= 4 is 0 Å². The Morgan fingerprint density at radius 1 is 0.393 bits per heavy atom. The topological polar surface area (TPSA) is 76.1 Å². The minimum atomic E-state index is -0.157. The SMILES string of the molecule is CC(C)(C)c1cc2c(O)c(c1)Cc1cc(C(C)(C)C)cc(c1-n1cccn1)Cc1cc(C(C)(C)C)cc(c1O)Cc1cc(C(C)(C)C)cc(c1-n1cccn1)C2. The predicted molar refractivity (Wildman–Crippen MR) is 229 cm³/mol. The lowest BCUT2D eigenvalue weighted by molar-refractivity contribution is 0.461. The number of aromatic hydroxyl groups is 2. The summed E-state index contributed by atoms with van der Waals surface area (Å²) in [5, 5.41) is 34.6. The summed E-state index contributed by atoms with van der Waals surface area (Å²) in [5.74, 6) is 0.650. The molecular weight excluding hydrogens is 689 g/mol. The van der Waals surface area contributed by atoms with E-state index in [1.165, 1.54) is 22.3 Å². The molecule has 7 rings (SSSR count). The molecule has 0 radical (unpaired) electrons. The lowest BCUT2D eigenvalue weighted by atomic mass is 9.79. The first-order chi connectivity index (χ1) is 26.1. The molecule has 56 heavy (non-hydrogen) atoms. The zero-order valence-corrected chi connectivity index (χ0v) is 35.6. The van der Waals surface area contributed by atoms with Gasteiger partial charge in [-0.1, -0.05) is 132 Å². The van der Waals surface area contributed by atoms with Crippen LogP contribution in [0.15, 0.2) is 85.5 Å². The summed E-state index contributed by atoms with van der Waals surface area (Å²) >= 11 is 0. The largest absolute Gasteiger partial charge is 0.507 e. The van der Waals surface area contributed by atoms with Crippen molar-refractivity contribution in [1.82, 2.24) is 19.6 Å². The van der Waals surface area contributed by atoms with Gasteiger partial charge in [0.15, 0.2) is 0 Å². The number of phenols is 2. The Morgan fingerprint density at radius 2 is 0.625 bits per heavy atom. The Bertz CT molecular complexity index is 2140. The van der Waals surface area contributed by atoms with Gasteiger partial charge in [-0.05, 0) is 101 Å². The highest BCUT2D eigenvalue weighted by Crippen LogP contribution is 2.42. The van der Waals surface area contributed by atoms with E-state index < -0.39 is 0 Å². The maximum absolute atomic E-state index is 12.5. The van der Waals surface area contributed by atoms with E-state index >= 15 is 0 Å². The molecule has 0 atom stereocenters. The summed E-state index contributed by atoms with van der Waals surface area (Å²) in [6, 6.07) is 21.9. The molecule has 2 heterocycles. The molecule has 0 aliphatic heterocycles. The minimum absolute atomic E-state index is 0.149. The Labute approximate surface area is 334 Å². The highest BCUT2D eigenvalue weighted by atomic mass is 16.3. The van der Waals surface area contributed by atoms with Gasteiger partial charge in [-0.25, -0.2) is 9.36 Å². The number of nitrogens with zero attached hydrogens (tertiary/aromatic N) is 4. The van der Waals surface area contributed by atoms with Crippen molar-refractivity contribution in [3.8, 4) is 22.9 Å². The maximum Gasteiger partial charge on any atom is 0.122 e. The van der Waals surface area contributed by atoms with E-state index in [1.54, 1.807) is 0 Å². The molecule has 292 valence electrons. The molecule has 0 fully saturated rings. The van der Waals surface area contributed by atoms with Crippen LogP contribution >= 0.6 is 0 Å². The number of aromatic nitrogens is 4. The van der Waals surface area contributed by atoms with Crippen LogP contribution in [0.1, 0.15) is 150 Å². The molecule has 0 spiro atoms. The molecule has 0 unspecified atom stereocenters. The van der Waals surface area contributed by atoms with Crippen molar-refractivity contribution in [2.45, 2.75) is 130 Å². The first kappa shape index (κ1) is 39.1. The van der Waals surface area contributed by atoms with Crippen molar-refractivity contribution in [2.24, 2.45) is 0 Å². The van der Waals surface area contributed by atoms with Crippen LogP contribution in [0.4, 0.5) is 0 Å². The molecule has 2 aromatic heterocycles. The van der Waals surface area contributed by atoms with Crippen molar-refractivity contribution in [3.05, 3.63) is 152 Å². The minimum Gasteiger partial charge on any atom is -0.507 e. The van der Waals surface area contributed by atoms with Crippen LogP contribution in [0.2, 0.25) is 0 Å². The number of benzene rings is 4. The van der Waals surface area contributed by atoms with Crippen LogP contribution in [-0.4, -0.2) is 29.8 Å². The van der Waals surface area contributed by atoms with Crippen molar-refractivity contribution < 1.29 is 10.2 Å². The van der Waals surface area contributed by atoms with E-state index in [1.807, 2.05) is 46.3 Å². The molecule has 6 nitrogen and oxygen atoms in total. The van der Waals surface area contributed by atoms with Gasteiger partial charge < -0.3 is 10.2 Å². The van der Waals surface area contributed by atoms with Gasteiger partial charge in [0.05, 0.1) is 11.4 Å². The number of rotatable bonds is 2. The third kappa shape index (κ3) is 7.68. The average molecular weight is 749 g/mol.